The number of furan rings is 1. The van der Waals surface area contributed by atoms with E-state index >= 15 is 0 Å². The normalized spacial score (nSPS) is 17.6. The number of carbonyl (C=O) groups excluding carboxylic acids is 1. The van der Waals surface area contributed by atoms with Crippen molar-refractivity contribution in [1.82, 2.24) is 14.9 Å². The molecule has 1 atom stereocenters. The molecule has 1 aromatic carbocycles. The summed E-state index contributed by atoms with van der Waals surface area (Å²) in [5.74, 6) is 1.19. The Bertz CT molecular complexity index is 1040. The van der Waals surface area contributed by atoms with E-state index in [0.29, 0.717) is 36.8 Å². The zero-order valence-corrected chi connectivity index (χ0v) is 14.6. The number of carbonyl (C=O) groups is 1. The van der Waals surface area contributed by atoms with Crippen LogP contribution in [0.2, 0.25) is 0 Å². The lowest BCUT2D eigenvalue weighted by atomic mass is 10.1. The Hall–Kier alpha value is -2.93. The van der Waals surface area contributed by atoms with Crippen molar-refractivity contribution in [2.24, 2.45) is 0 Å². The Morgan fingerprint density at radius 2 is 2.12 bits per heavy atom. The summed E-state index contributed by atoms with van der Waals surface area (Å²) in [5.41, 5.74) is 1.77. The summed E-state index contributed by atoms with van der Waals surface area (Å²) < 4.78 is 11.3. The number of benzene rings is 1. The monoisotopic (exact) mass is 353 g/mol. The topological polar surface area (TPSA) is 88.4 Å². The molecule has 2 aromatic heterocycles. The predicted molar refractivity (Wildman–Crippen MR) is 95.1 cm³/mol. The van der Waals surface area contributed by atoms with E-state index in [4.69, 9.17) is 9.15 Å². The highest BCUT2D eigenvalue weighted by atomic mass is 16.5. The van der Waals surface area contributed by atoms with Crippen molar-refractivity contribution in [2.75, 3.05) is 19.7 Å². The number of nitrogens with zero attached hydrogens (tertiary/aromatic N) is 2. The molecule has 0 saturated carbocycles. The first-order chi connectivity index (χ1) is 12.5. The summed E-state index contributed by atoms with van der Waals surface area (Å²) in [6, 6.07) is 8.76. The van der Waals surface area contributed by atoms with E-state index in [1.807, 2.05) is 25.1 Å². The van der Waals surface area contributed by atoms with Gasteiger partial charge in [0.1, 0.15) is 23.3 Å². The van der Waals surface area contributed by atoms with E-state index in [1.165, 1.54) is 6.07 Å². The third-order valence-corrected chi connectivity index (χ3v) is 4.43. The fourth-order valence-electron chi connectivity index (χ4n) is 3.25. The maximum Gasteiger partial charge on any atom is 0.254 e. The molecule has 1 aliphatic heterocycles. The molecule has 3 heterocycles. The molecular formula is C19H19N3O4. The fraction of sp³-hybridized carbons (Fsp3) is 0.316. The Balaban J connectivity index is 1.58. The maximum absolute atomic E-state index is 12.9. The second kappa shape index (κ2) is 6.42. The van der Waals surface area contributed by atoms with Gasteiger partial charge in [0.25, 0.3) is 11.5 Å². The van der Waals surface area contributed by atoms with E-state index in [1.54, 1.807) is 17.9 Å². The molecule has 26 heavy (non-hydrogen) atoms. The van der Waals surface area contributed by atoms with Crippen LogP contribution in [0.5, 0.6) is 0 Å². The first-order valence-electron chi connectivity index (χ1n) is 8.48. The minimum absolute atomic E-state index is 0.0750. The second-order valence-corrected chi connectivity index (χ2v) is 6.49. The van der Waals surface area contributed by atoms with Crippen molar-refractivity contribution in [3.63, 3.8) is 0 Å². The zero-order chi connectivity index (χ0) is 18.3. The van der Waals surface area contributed by atoms with E-state index in [2.05, 4.69) is 9.97 Å². The van der Waals surface area contributed by atoms with Gasteiger partial charge in [0, 0.05) is 29.3 Å². The van der Waals surface area contributed by atoms with Gasteiger partial charge in [-0.3, -0.25) is 9.59 Å². The zero-order valence-electron chi connectivity index (χ0n) is 14.6. The number of aromatic nitrogens is 2. The van der Waals surface area contributed by atoms with Gasteiger partial charge in [-0.1, -0.05) is 0 Å². The van der Waals surface area contributed by atoms with Crippen LogP contribution in [0, 0.1) is 13.8 Å². The fourth-order valence-corrected chi connectivity index (χ4v) is 3.25. The molecule has 134 valence electrons. The average Bonchev–Trinajstić information content (AvgIpc) is 2.99. The lowest BCUT2D eigenvalue weighted by molar-refractivity contribution is -0.0269. The maximum atomic E-state index is 12.9. The molecule has 3 aromatic rings. The lowest BCUT2D eigenvalue weighted by Crippen LogP contribution is -2.43. The van der Waals surface area contributed by atoms with Gasteiger partial charge >= 0.3 is 0 Å². The molecule has 1 fully saturated rings. The molecule has 1 N–H and O–H groups in total. The number of nitrogens with one attached hydrogen (secondary N) is 1. The third-order valence-electron chi connectivity index (χ3n) is 4.43. The van der Waals surface area contributed by atoms with Crippen molar-refractivity contribution in [3.8, 4) is 0 Å². The van der Waals surface area contributed by atoms with Crippen LogP contribution in [-0.4, -0.2) is 40.5 Å². The lowest BCUT2D eigenvalue weighted by Gasteiger charge is -2.32. The molecule has 0 radical (unpaired) electrons. The number of ether oxygens (including phenoxy) is 1. The van der Waals surface area contributed by atoms with Crippen LogP contribution in [0.25, 0.3) is 11.0 Å². The summed E-state index contributed by atoms with van der Waals surface area (Å²) >= 11 is 0. The number of H-pyrrole nitrogens is 1. The van der Waals surface area contributed by atoms with Gasteiger partial charge in [-0.05, 0) is 38.1 Å². The molecule has 7 heteroatoms. The molecule has 0 unspecified atom stereocenters. The van der Waals surface area contributed by atoms with Crippen LogP contribution in [-0.2, 0) is 4.74 Å². The number of morpholine rings is 1. The van der Waals surface area contributed by atoms with Crippen molar-refractivity contribution in [3.05, 3.63) is 63.5 Å². The molecule has 0 spiro atoms. The van der Waals surface area contributed by atoms with E-state index < -0.39 is 6.10 Å². The third kappa shape index (κ3) is 3.13. The Kier molecular flexibility index (Phi) is 4.08. The van der Waals surface area contributed by atoms with E-state index in [9.17, 15) is 9.59 Å². The number of rotatable bonds is 2. The Labute approximate surface area is 149 Å². The molecule has 7 nitrogen and oxygen atoms in total. The van der Waals surface area contributed by atoms with Crippen molar-refractivity contribution < 1.29 is 13.9 Å². The molecule has 4 rings (SSSR count). The highest BCUT2D eigenvalue weighted by Gasteiger charge is 2.28. The minimum atomic E-state index is -0.444. The number of hydrogen-bond acceptors (Lipinski definition) is 5. The van der Waals surface area contributed by atoms with Gasteiger partial charge in [0.15, 0.2) is 0 Å². The van der Waals surface area contributed by atoms with Gasteiger partial charge in [0.05, 0.1) is 13.2 Å². The second-order valence-electron chi connectivity index (χ2n) is 6.49. The van der Waals surface area contributed by atoms with E-state index in [0.717, 1.165) is 16.7 Å². The summed E-state index contributed by atoms with van der Waals surface area (Å²) in [5, 5.41) is 0.905. The summed E-state index contributed by atoms with van der Waals surface area (Å²) in [7, 11) is 0. The number of aromatic amines is 1. The summed E-state index contributed by atoms with van der Waals surface area (Å²) in [4.78, 5) is 33.4. The highest BCUT2D eigenvalue weighted by molar-refractivity contribution is 5.97. The number of aryl methyl sites for hydroxylation is 2. The van der Waals surface area contributed by atoms with Crippen LogP contribution in [0.15, 0.2) is 39.5 Å². The summed E-state index contributed by atoms with van der Waals surface area (Å²) in [6.45, 7) is 4.86. The number of amides is 1. The predicted octanol–water partition coefficient (Wildman–Crippen LogP) is 2.35. The molecule has 1 saturated heterocycles. The SMILES string of the molecule is Cc1cc(=O)[nH]c([C@@H]2CN(C(=O)c3ccc4oc(C)cc4c3)CCO2)n1. The van der Waals surface area contributed by atoms with Gasteiger partial charge in [-0.15, -0.1) is 0 Å². The number of hydrogen-bond donors (Lipinski definition) is 1. The quantitative estimate of drug-likeness (QED) is 0.764. The van der Waals surface area contributed by atoms with Crippen LogP contribution < -0.4 is 5.56 Å². The number of fused-ring (bicyclic) bond motifs is 1. The first-order valence-corrected chi connectivity index (χ1v) is 8.48. The molecule has 0 aliphatic carbocycles. The largest absolute Gasteiger partial charge is 0.461 e. The Morgan fingerprint density at radius 1 is 1.27 bits per heavy atom. The van der Waals surface area contributed by atoms with Crippen LogP contribution in [0.3, 0.4) is 0 Å². The van der Waals surface area contributed by atoms with Crippen LogP contribution in [0.1, 0.15) is 33.7 Å². The molecular weight excluding hydrogens is 334 g/mol. The van der Waals surface area contributed by atoms with Gasteiger partial charge < -0.3 is 19.0 Å². The summed E-state index contributed by atoms with van der Waals surface area (Å²) in [6.07, 6.45) is -0.444. The van der Waals surface area contributed by atoms with Crippen LogP contribution in [0.4, 0.5) is 0 Å². The smallest absolute Gasteiger partial charge is 0.254 e. The molecule has 1 aliphatic rings. The van der Waals surface area contributed by atoms with Crippen molar-refractivity contribution in [2.45, 2.75) is 20.0 Å². The van der Waals surface area contributed by atoms with Gasteiger partial charge in [0.2, 0.25) is 0 Å². The van der Waals surface area contributed by atoms with E-state index in [-0.39, 0.29) is 11.5 Å². The standard InChI is InChI=1S/C19H19N3O4/c1-11-7-17(23)21-18(20-11)16-10-22(5-6-25-16)19(24)13-3-4-15-14(9-13)8-12(2)26-15/h3-4,7-9,16H,5-6,10H2,1-2H3,(H,20,21,23)/t16-/m0/s1. The van der Waals surface area contributed by atoms with Crippen molar-refractivity contribution >= 4 is 16.9 Å². The van der Waals surface area contributed by atoms with Crippen LogP contribution >= 0.6 is 0 Å². The Morgan fingerprint density at radius 3 is 2.92 bits per heavy atom. The minimum Gasteiger partial charge on any atom is -0.461 e. The van der Waals surface area contributed by atoms with Gasteiger partial charge in [-0.2, -0.15) is 0 Å². The first kappa shape index (κ1) is 16.5. The van der Waals surface area contributed by atoms with Gasteiger partial charge in [-0.25, -0.2) is 4.98 Å². The average molecular weight is 353 g/mol. The van der Waals surface area contributed by atoms with Crippen molar-refractivity contribution in [1.29, 1.82) is 0 Å². The highest BCUT2D eigenvalue weighted by Crippen LogP contribution is 2.23. The molecule has 0 bridgehead atoms. The molecule has 1 amide bonds.